The second-order valence-electron chi connectivity index (χ2n) is 3.82. The second-order valence-corrected chi connectivity index (χ2v) is 3.82. The fourth-order valence-corrected chi connectivity index (χ4v) is 0.408. The van der Waals surface area contributed by atoms with Crippen molar-refractivity contribution in [3.8, 4) is 0 Å². The first-order valence-electron chi connectivity index (χ1n) is 3.81. The van der Waals surface area contributed by atoms with Crippen LogP contribution in [0.2, 0.25) is 0 Å². The van der Waals surface area contributed by atoms with Gasteiger partial charge in [0.2, 0.25) is 0 Å². The van der Waals surface area contributed by atoms with Crippen LogP contribution in [0.4, 0.5) is 0 Å². The lowest BCUT2D eigenvalue weighted by Gasteiger charge is -2.25. The molecule has 1 N–H and O–H groups in total. The molecule has 0 aromatic heterocycles. The summed E-state index contributed by atoms with van der Waals surface area (Å²) in [6.45, 7) is 9.97. The number of carbonyl (C=O) groups excluding carboxylic acids is 1. The minimum Gasteiger partial charge on any atom is -0.454 e. The van der Waals surface area contributed by atoms with Crippen LogP contribution < -0.4 is 5.73 Å². The molecule has 0 saturated carbocycles. The van der Waals surface area contributed by atoms with Gasteiger partial charge in [0.1, 0.15) is 11.1 Å². The van der Waals surface area contributed by atoms with E-state index in [0.29, 0.717) is 0 Å². The van der Waals surface area contributed by atoms with Crippen molar-refractivity contribution in [3.05, 3.63) is 12.7 Å². The lowest BCUT2D eigenvalue weighted by molar-refractivity contribution is -0.158. The summed E-state index contributed by atoms with van der Waals surface area (Å²) in [5, 5.41) is 0. The van der Waals surface area contributed by atoms with Crippen LogP contribution in [0.15, 0.2) is 12.7 Å². The van der Waals surface area contributed by atoms with E-state index in [2.05, 4.69) is 6.58 Å². The summed E-state index contributed by atoms with van der Waals surface area (Å²) in [5.41, 5.74) is 5.50. The minimum atomic E-state index is -1.19. The topological polar surface area (TPSA) is 50.1 Å². The van der Waals surface area contributed by atoms with E-state index in [1.165, 1.54) is 19.9 Å². The molecular weight excluding hydrogens is 154 g/mol. The SMILES string of the molecule is C=CC(C)(C)OC(=O)C(C)(C)[NH]. The van der Waals surface area contributed by atoms with E-state index in [4.69, 9.17) is 10.5 Å². The summed E-state index contributed by atoms with van der Waals surface area (Å²) in [7, 11) is 0. The van der Waals surface area contributed by atoms with Crippen molar-refractivity contribution < 1.29 is 9.53 Å². The van der Waals surface area contributed by atoms with E-state index < -0.39 is 17.1 Å². The van der Waals surface area contributed by atoms with Crippen LogP contribution in [-0.2, 0) is 9.53 Å². The van der Waals surface area contributed by atoms with Crippen LogP contribution in [-0.4, -0.2) is 17.1 Å². The third-order valence-electron chi connectivity index (χ3n) is 1.36. The van der Waals surface area contributed by atoms with Gasteiger partial charge < -0.3 is 4.74 Å². The zero-order chi connectivity index (χ0) is 9.99. The van der Waals surface area contributed by atoms with Crippen molar-refractivity contribution in [1.29, 1.82) is 0 Å². The van der Waals surface area contributed by atoms with E-state index in [1.54, 1.807) is 13.8 Å². The average molecular weight is 170 g/mol. The molecule has 0 unspecified atom stereocenters. The van der Waals surface area contributed by atoms with Crippen molar-refractivity contribution in [1.82, 2.24) is 5.73 Å². The molecule has 0 fully saturated rings. The van der Waals surface area contributed by atoms with Crippen molar-refractivity contribution in [3.63, 3.8) is 0 Å². The summed E-state index contributed by atoms with van der Waals surface area (Å²) in [5.74, 6) is -0.535. The number of esters is 1. The van der Waals surface area contributed by atoms with Crippen LogP contribution in [0, 0.1) is 0 Å². The molecule has 0 aliphatic carbocycles. The molecule has 0 heterocycles. The normalized spacial score (nSPS) is 12.4. The van der Waals surface area contributed by atoms with Gasteiger partial charge in [-0.05, 0) is 33.8 Å². The first-order valence-corrected chi connectivity index (χ1v) is 3.81. The first-order chi connectivity index (χ1) is 5.19. The highest BCUT2D eigenvalue weighted by Gasteiger charge is 2.29. The Kier molecular flexibility index (Phi) is 3.04. The van der Waals surface area contributed by atoms with Gasteiger partial charge in [-0.25, -0.2) is 10.5 Å². The molecule has 3 heteroatoms. The monoisotopic (exact) mass is 170 g/mol. The van der Waals surface area contributed by atoms with E-state index in [9.17, 15) is 4.79 Å². The Balaban J connectivity index is 4.29. The van der Waals surface area contributed by atoms with Gasteiger partial charge in [0.05, 0.1) is 0 Å². The Bertz CT molecular complexity index is 189. The number of rotatable bonds is 3. The summed E-state index contributed by atoms with van der Waals surface area (Å²) in [6, 6.07) is 0. The zero-order valence-corrected chi connectivity index (χ0v) is 8.10. The highest BCUT2D eigenvalue weighted by Crippen LogP contribution is 2.14. The molecule has 0 aliphatic heterocycles. The molecule has 0 atom stereocenters. The van der Waals surface area contributed by atoms with Gasteiger partial charge in [0, 0.05) is 0 Å². The third kappa shape index (κ3) is 3.53. The number of nitrogens with one attached hydrogen (secondary N) is 1. The first kappa shape index (κ1) is 11.2. The van der Waals surface area contributed by atoms with Crippen molar-refractivity contribution in [2.45, 2.75) is 38.8 Å². The Hall–Kier alpha value is -0.830. The maximum Gasteiger partial charge on any atom is 0.327 e. The van der Waals surface area contributed by atoms with Gasteiger partial charge in [0.25, 0.3) is 0 Å². The van der Waals surface area contributed by atoms with Gasteiger partial charge >= 0.3 is 5.97 Å². The smallest absolute Gasteiger partial charge is 0.327 e. The second kappa shape index (κ2) is 3.27. The van der Waals surface area contributed by atoms with Gasteiger partial charge in [-0.3, -0.25) is 0 Å². The molecule has 0 spiro atoms. The van der Waals surface area contributed by atoms with Crippen LogP contribution in [0.25, 0.3) is 0 Å². The minimum absolute atomic E-state index is 0.535. The number of hydrogen-bond donors (Lipinski definition) is 0. The van der Waals surface area contributed by atoms with Crippen molar-refractivity contribution in [2.24, 2.45) is 0 Å². The summed E-state index contributed by atoms with van der Waals surface area (Å²) >= 11 is 0. The molecule has 69 valence electrons. The molecule has 12 heavy (non-hydrogen) atoms. The maximum absolute atomic E-state index is 11.2. The van der Waals surface area contributed by atoms with Crippen LogP contribution in [0.5, 0.6) is 0 Å². The Morgan fingerprint density at radius 3 is 2.08 bits per heavy atom. The fourth-order valence-electron chi connectivity index (χ4n) is 0.408. The third-order valence-corrected chi connectivity index (χ3v) is 1.36. The number of hydrogen-bond acceptors (Lipinski definition) is 2. The standard InChI is InChI=1S/C9H16NO2/c1-6-8(2,3)12-7(11)9(4,5)10/h6,10H,1H2,2-5H3. The van der Waals surface area contributed by atoms with E-state index in [0.717, 1.165) is 0 Å². The predicted molar refractivity (Wildman–Crippen MR) is 47.5 cm³/mol. The molecular formula is C9H16NO2. The lowest BCUT2D eigenvalue weighted by atomic mass is 10.1. The molecule has 0 aromatic carbocycles. The highest BCUT2D eigenvalue weighted by atomic mass is 16.6. The summed E-state index contributed by atoms with van der Waals surface area (Å²) < 4.78 is 5.01. The molecule has 1 radical (unpaired) electrons. The van der Waals surface area contributed by atoms with Gasteiger partial charge in [0.15, 0.2) is 0 Å². The van der Waals surface area contributed by atoms with Gasteiger partial charge in [-0.15, -0.1) is 0 Å². The quantitative estimate of drug-likeness (QED) is 0.476. The summed E-state index contributed by atoms with van der Waals surface area (Å²) in [6.07, 6.45) is 1.54. The molecule has 0 amide bonds. The molecule has 0 rings (SSSR count). The Labute approximate surface area is 73.6 Å². The Morgan fingerprint density at radius 2 is 1.83 bits per heavy atom. The maximum atomic E-state index is 11.2. The fraction of sp³-hybridized carbons (Fsp3) is 0.667. The van der Waals surface area contributed by atoms with Crippen LogP contribution in [0.1, 0.15) is 27.7 Å². The molecule has 3 nitrogen and oxygen atoms in total. The number of carbonyl (C=O) groups is 1. The zero-order valence-electron chi connectivity index (χ0n) is 8.10. The molecule has 0 saturated heterocycles. The summed E-state index contributed by atoms with van der Waals surface area (Å²) in [4.78, 5) is 11.2. The predicted octanol–water partition coefficient (Wildman–Crippen LogP) is 1.56. The molecule has 0 aromatic rings. The van der Waals surface area contributed by atoms with Crippen molar-refractivity contribution >= 4 is 5.97 Å². The van der Waals surface area contributed by atoms with E-state index in [1.807, 2.05) is 0 Å². The number of ether oxygens (including phenoxy) is 1. The van der Waals surface area contributed by atoms with Crippen LogP contribution in [0.3, 0.4) is 0 Å². The van der Waals surface area contributed by atoms with Gasteiger partial charge in [-0.1, -0.05) is 6.58 Å². The van der Waals surface area contributed by atoms with E-state index in [-0.39, 0.29) is 0 Å². The largest absolute Gasteiger partial charge is 0.454 e. The van der Waals surface area contributed by atoms with Crippen molar-refractivity contribution in [2.75, 3.05) is 0 Å². The lowest BCUT2D eigenvalue weighted by Crippen LogP contribution is -2.40. The molecule has 0 aliphatic rings. The Morgan fingerprint density at radius 1 is 1.42 bits per heavy atom. The average Bonchev–Trinajstić information content (AvgIpc) is 1.85. The molecule has 0 bridgehead atoms. The highest BCUT2D eigenvalue weighted by molar-refractivity contribution is 5.79. The van der Waals surface area contributed by atoms with Gasteiger partial charge in [-0.2, -0.15) is 0 Å². The van der Waals surface area contributed by atoms with E-state index >= 15 is 0 Å². The van der Waals surface area contributed by atoms with Crippen LogP contribution >= 0.6 is 0 Å².